The zero-order valence-corrected chi connectivity index (χ0v) is 10.9. The molecular formula is C12H9N7O3. The number of rotatable bonds is 3. The quantitative estimate of drug-likeness (QED) is 0.533. The zero-order valence-electron chi connectivity index (χ0n) is 10.9. The molecule has 0 bridgehead atoms. The average molecular weight is 299 g/mol. The molecule has 10 nitrogen and oxygen atoms in total. The Morgan fingerprint density at radius 2 is 1.86 bits per heavy atom. The first-order valence-electron chi connectivity index (χ1n) is 6.03. The lowest BCUT2D eigenvalue weighted by Crippen LogP contribution is -2.10. The Hall–Kier alpha value is -3.56. The minimum absolute atomic E-state index is 0.0447. The van der Waals surface area contributed by atoms with Crippen molar-refractivity contribution in [2.45, 2.75) is 0 Å². The fourth-order valence-corrected chi connectivity index (χ4v) is 1.74. The maximum atomic E-state index is 11.6. The third-order valence-electron chi connectivity index (χ3n) is 2.74. The predicted molar refractivity (Wildman–Crippen MR) is 76.5 cm³/mol. The molecule has 0 radical (unpaired) electrons. The van der Waals surface area contributed by atoms with Crippen LogP contribution in [0.1, 0.15) is 10.4 Å². The molecule has 110 valence electrons. The summed E-state index contributed by atoms with van der Waals surface area (Å²) in [6.45, 7) is 0. The number of hydrogen-bond donors (Lipinski definition) is 4. The predicted octanol–water partition coefficient (Wildman–Crippen LogP) is 1.34. The molecule has 2 heterocycles. The maximum absolute atomic E-state index is 11.6. The van der Waals surface area contributed by atoms with Gasteiger partial charge in [-0.15, -0.1) is 10.2 Å². The Morgan fingerprint density at radius 3 is 2.55 bits per heavy atom. The first-order valence-corrected chi connectivity index (χ1v) is 6.03. The molecule has 22 heavy (non-hydrogen) atoms. The minimum atomic E-state index is -1.02. The first kappa shape index (κ1) is 13.4. The average Bonchev–Trinajstić information content (AvgIpc) is 2.89. The highest BCUT2D eigenvalue weighted by molar-refractivity contribution is 5.87. The number of carbonyl (C=O) groups is 1. The molecule has 0 saturated carbocycles. The summed E-state index contributed by atoms with van der Waals surface area (Å²) in [5.41, 5.74) is 5.82. The van der Waals surface area contributed by atoms with E-state index in [4.69, 9.17) is 10.8 Å². The van der Waals surface area contributed by atoms with Gasteiger partial charge in [0.25, 0.3) is 5.56 Å². The molecule has 0 fully saturated rings. The van der Waals surface area contributed by atoms with Crippen LogP contribution in [0.3, 0.4) is 0 Å². The van der Waals surface area contributed by atoms with Gasteiger partial charge in [0.1, 0.15) is 0 Å². The van der Waals surface area contributed by atoms with Gasteiger partial charge in [0.2, 0.25) is 11.9 Å². The van der Waals surface area contributed by atoms with Crippen LogP contribution < -0.4 is 11.3 Å². The zero-order chi connectivity index (χ0) is 15.7. The number of hydrogen-bond acceptors (Lipinski definition) is 7. The van der Waals surface area contributed by atoms with E-state index in [1.807, 2.05) is 0 Å². The highest BCUT2D eigenvalue weighted by atomic mass is 16.4. The Bertz CT molecular complexity index is 940. The standard InChI is InChI=1S/C12H9N7O3/c13-11-15-8-7(9(20)17-11)14-12(16-8)19-18-6-3-1-5(2-4-6)10(21)22/h1-4H,(H,21,22)(H4,13,14,15,16,17,20). The fraction of sp³-hybridized carbons (Fsp3) is 0. The number of H-pyrrole nitrogens is 2. The number of aromatic nitrogens is 4. The van der Waals surface area contributed by atoms with E-state index in [1.165, 1.54) is 24.3 Å². The van der Waals surface area contributed by atoms with Crippen molar-refractivity contribution in [2.75, 3.05) is 5.73 Å². The summed E-state index contributed by atoms with van der Waals surface area (Å²) in [6, 6.07) is 5.81. The van der Waals surface area contributed by atoms with Gasteiger partial charge in [-0.3, -0.25) is 9.78 Å². The molecule has 1 aromatic carbocycles. The Balaban J connectivity index is 1.90. The third-order valence-corrected chi connectivity index (χ3v) is 2.74. The minimum Gasteiger partial charge on any atom is -0.478 e. The van der Waals surface area contributed by atoms with Crippen LogP contribution >= 0.6 is 0 Å². The van der Waals surface area contributed by atoms with Gasteiger partial charge in [-0.2, -0.15) is 9.97 Å². The number of aromatic carboxylic acids is 1. The number of carboxylic acids is 1. The van der Waals surface area contributed by atoms with Gasteiger partial charge in [0.05, 0.1) is 11.3 Å². The second-order valence-electron chi connectivity index (χ2n) is 4.26. The van der Waals surface area contributed by atoms with Crippen LogP contribution in [0.25, 0.3) is 11.2 Å². The SMILES string of the molecule is Nc1nc2nc(N=Nc3ccc(C(=O)O)cc3)[nH]c2c(=O)[nH]1. The molecule has 0 spiro atoms. The van der Waals surface area contributed by atoms with Crippen molar-refractivity contribution >= 4 is 34.7 Å². The number of imidazole rings is 1. The Kier molecular flexibility index (Phi) is 3.10. The summed E-state index contributed by atoms with van der Waals surface area (Å²) < 4.78 is 0. The number of azo groups is 1. The number of nitrogens with zero attached hydrogens (tertiary/aromatic N) is 4. The molecule has 5 N–H and O–H groups in total. The maximum Gasteiger partial charge on any atom is 0.335 e. The molecule has 0 amide bonds. The topological polar surface area (TPSA) is 162 Å². The molecule has 2 aromatic heterocycles. The van der Waals surface area contributed by atoms with Crippen molar-refractivity contribution in [3.63, 3.8) is 0 Å². The number of nitrogen functional groups attached to an aromatic ring is 1. The highest BCUT2D eigenvalue weighted by Crippen LogP contribution is 2.18. The summed E-state index contributed by atoms with van der Waals surface area (Å²) >= 11 is 0. The second-order valence-corrected chi connectivity index (χ2v) is 4.26. The lowest BCUT2D eigenvalue weighted by Gasteiger charge is -1.93. The molecule has 0 aliphatic heterocycles. The van der Waals surface area contributed by atoms with Crippen LogP contribution in [0.2, 0.25) is 0 Å². The van der Waals surface area contributed by atoms with Gasteiger partial charge >= 0.3 is 5.97 Å². The van der Waals surface area contributed by atoms with Crippen molar-refractivity contribution in [1.29, 1.82) is 0 Å². The summed E-state index contributed by atoms with van der Waals surface area (Å²) in [4.78, 5) is 35.2. The van der Waals surface area contributed by atoms with E-state index >= 15 is 0 Å². The molecule has 0 aliphatic rings. The third kappa shape index (κ3) is 2.52. The van der Waals surface area contributed by atoms with Gasteiger partial charge in [0, 0.05) is 0 Å². The van der Waals surface area contributed by atoms with Crippen LogP contribution in [-0.2, 0) is 0 Å². The van der Waals surface area contributed by atoms with Gasteiger partial charge < -0.3 is 15.8 Å². The van der Waals surface area contributed by atoms with Crippen LogP contribution in [0.4, 0.5) is 17.6 Å². The lowest BCUT2D eigenvalue weighted by atomic mass is 10.2. The molecule has 10 heteroatoms. The Labute approximate surface area is 121 Å². The molecule has 0 atom stereocenters. The summed E-state index contributed by atoms with van der Waals surface area (Å²) in [5.74, 6) is -0.985. The van der Waals surface area contributed by atoms with Crippen molar-refractivity contribution in [3.8, 4) is 0 Å². The van der Waals surface area contributed by atoms with Crippen LogP contribution in [0.5, 0.6) is 0 Å². The number of aromatic amines is 2. The molecule has 3 rings (SSSR count). The van der Waals surface area contributed by atoms with Crippen LogP contribution in [0, 0.1) is 0 Å². The summed E-state index contributed by atoms with van der Waals surface area (Å²) in [6.07, 6.45) is 0. The van der Waals surface area contributed by atoms with Crippen LogP contribution in [0.15, 0.2) is 39.3 Å². The van der Waals surface area contributed by atoms with Gasteiger partial charge in [0.15, 0.2) is 11.2 Å². The van der Waals surface area contributed by atoms with Gasteiger partial charge in [-0.1, -0.05) is 0 Å². The first-order chi connectivity index (χ1) is 10.5. The van der Waals surface area contributed by atoms with E-state index in [0.717, 1.165) is 0 Å². The van der Waals surface area contributed by atoms with E-state index in [1.54, 1.807) is 0 Å². The number of nitrogens with one attached hydrogen (secondary N) is 2. The molecule has 3 aromatic rings. The van der Waals surface area contributed by atoms with Crippen molar-refractivity contribution in [2.24, 2.45) is 10.2 Å². The van der Waals surface area contributed by atoms with E-state index in [0.29, 0.717) is 5.69 Å². The second kappa shape index (κ2) is 5.09. The number of anilines is 1. The van der Waals surface area contributed by atoms with E-state index in [-0.39, 0.29) is 28.6 Å². The lowest BCUT2D eigenvalue weighted by molar-refractivity contribution is 0.0697. The van der Waals surface area contributed by atoms with Crippen molar-refractivity contribution in [3.05, 3.63) is 40.2 Å². The Morgan fingerprint density at radius 1 is 1.14 bits per heavy atom. The highest BCUT2D eigenvalue weighted by Gasteiger charge is 2.08. The summed E-state index contributed by atoms with van der Waals surface area (Å²) in [7, 11) is 0. The summed E-state index contributed by atoms with van der Waals surface area (Å²) in [5, 5.41) is 16.5. The fourth-order valence-electron chi connectivity index (χ4n) is 1.74. The number of fused-ring (bicyclic) bond motifs is 1. The normalized spacial score (nSPS) is 11.3. The molecule has 0 unspecified atom stereocenters. The van der Waals surface area contributed by atoms with E-state index in [9.17, 15) is 9.59 Å². The largest absolute Gasteiger partial charge is 0.478 e. The van der Waals surface area contributed by atoms with Crippen molar-refractivity contribution in [1.82, 2.24) is 19.9 Å². The van der Waals surface area contributed by atoms with Crippen molar-refractivity contribution < 1.29 is 9.90 Å². The molecule has 0 saturated heterocycles. The number of nitrogens with two attached hydrogens (primary N) is 1. The molecular weight excluding hydrogens is 290 g/mol. The number of carboxylic acid groups (broad SMARTS) is 1. The van der Waals surface area contributed by atoms with Gasteiger partial charge in [-0.25, -0.2) is 4.79 Å². The number of benzene rings is 1. The van der Waals surface area contributed by atoms with E-state index < -0.39 is 11.5 Å². The molecule has 0 aliphatic carbocycles. The van der Waals surface area contributed by atoms with E-state index in [2.05, 4.69) is 30.2 Å². The van der Waals surface area contributed by atoms with Crippen LogP contribution in [-0.4, -0.2) is 31.0 Å². The monoisotopic (exact) mass is 299 g/mol. The smallest absolute Gasteiger partial charge is 0.335 e. The van der Waals surface area contributed by atoms with Gasteiger partial charge in [-0.05, 0) is 24.3 Å².